The highest BCUT2D eigenvalue weighted by atomic mass is 16.5. The van der Waals surface area contributed by atoms with Crippen LogP contribution in [0.4, 0.5) is 0 Å². The molecule has 1 aromatic carbocycles. The maximum absolute atomic E-state index is 5.94. The third-order valence-corrected chi connectivity index (χ3v) is 4.53. The second-order valence-electron chi connectivity index (χ2n) is 6.82. The van der Waals surface area contributed by atoms with E-state index >= 15 is 0 Å². The summed E-state index contributed by atoms with van der Waals surface area (Å²) < 4.78 is 11.6. The second-order valence-corrected chi connectivity index (χ2v) is 6.82. The molecule has 1 aliphatic rings. The number of ether oxygens (including phenoxy) is 2. The van der Waals surface area contributed by atoms with E-state index in [4.69, 9.17) is 9.47 Å². The van der Waals surface area contributed by atoms with Crippen LogP contribution >= 0.6 is 0 Å². The summed E-state index contributed by atoms with van der Waals surface area (Å²) >= 11 is 0. The fourth-order valence-electron chi connectivity index (χ4n) is 3.38. The number of aromatic nitrogens is 1. The summed E-state index contributed by atoms with van der Waals surface area (Å²) in [5.74, 6) is 1.78. The quantitative estimate of drug-likeness (QED) is 0.744. The fourth-order valence-corrected chi connectivity index (χ4v) is 3.38. The molecule has 0 bridgehead atoms. The summed E-state index contributed by atoms with van der Waals surface area (Å²) in [6.07, 6.45) is 7.78. The van der Waals surface area contributed by atoms with Gasteiger partial charge in [-0.25, -0.2) is 0 Å². The molecule has 134 valence electrons. The molecule has 4 nitrogen and oxygen atoms in total. The minimum absolute atomic E-state index is 0.190. The third kappa shape index (κ3) is 5.20. The van der Waals surface area contributed by atoms with Gasteiger partial charge in [0.1, 0.15) is 18.1 Å². The molecule has 25 heavy (non-hydrogen) atoms. The zero-order valence-corrected chi connectivity index (χ0v) is 15.2. The summed E-state index contributed by atoms with van der Waals surface area (Å²) in [5, 5.41) is 0. The van der Waals surface area contributed by atoms with E-state index in [0.29, 0.717) is 12.6 Å². The van der Waals surface area contributed by atoms with Gasteiger partial charge in [-0.05, 0) is 69.1 Å². The number of rotatable bonds is 7. The maximum Gasteiger partial charge on any atom is 0.119 e. The lowest BCUT2D eigenvalue weighted by Gasteiger charge is -2.35. The van der Waals surface area contributed by atoms with Crippen LogP contribution in [-0.4, -0.2) is 35.7 Å². The van der Waals surface area contributed by atoms with Crippen molar-refractivity contribution in [1.29, 1.82) is 0 Å². The molecule has 0 aliphatic carbocycles. The van der Waals surface area contributed by atoms with Crippen LogP contribution in [0, 0.1) is 0 Å². The third-order valence-electron chi connectivity index (χ3n) is 4.53. The minimum Gasteiger partial charge on any atom is -0.492 e. The Kier molecular flexibility index (Phi) is 6.29. The molecule has 0 saturated carbocycles. The number of likely N-dealkylation sites (tertiary alicyclic amines) is 1. The van der Waals surface area contributed by atoms with Gasteiger partial charge in [0, 0.05) is 25.0 Å². The monoisotopic (exact) mass is 340 g/mol. The lowest BCUT2D eigenvalue weighted by atomic mass is 9.96. The Morgan fingerprint density at radius 1 is 1.12 bits per heavy atom. The Morgan fingerprint density at radius 3 is 2.64 bits per heavy atom. The van der Waals surface area contributed by atoms with Crippen molar-refractivity contribution in [3.05, 3.63) is 54.4 Å². The second kappa shape index (κ2) is 8.86. The summed E-state index contributed by atoms with van der Waals surface area (Å²) in [7, 11) is 0. The smallest absolute Gasteiger partial charge is 0.119 e. The van der Waals surface area contributed by atoms with E-state index < -0.39 is 0 Å². The van der Waals surface area contributed by atoms with Crippen LogP contribution in [0.25, 0.3) is 0 Å². The molecule has 0 spiro atoms. The van der Waals surface area contributed by atoms with E-state index in [1.807, 2.05) is 56.6 Å². The first-order valence-corrected chi connectivity index (χ1v) is 9.26. The Labute approximate surface area is 150 Å². The number of hydrogen-bond donors (Lipinski definition) is 0. The molecule has 2 heterocycles. The summed E-state index contributed by atoms with van der Waals surface area (Å²) in [6.45, 7) is 6.82. The van der Waals surface area contributed by atoms with Crippen LogP contribution in [0.15, 0.2) is 48.8 Å². The number of hydrogen-bond acceptors (Lipinski definition) is 4. The van der Waals surface area contributed by atoms with Crippen LogP contribution in [0.5, 0.6) is 11.5 Å². The maximum atomic E-state index is 5.94. The molecule has 4 heteroatoms. The van der Waals surface area contributed by atoms with Gasteiger partial charge in [-0.2, -0.15) is 0 Å². The van der Waals surface area contributed by atoms with Gasteiger partial charge in [-0.3, -0.25) is 9.88 Å². The van der Waals surface area contributed by atoms with E-state index in [9.17, 15) is 0 Å². The lowest BCUT2D eigenvalue weighted by molar-refractivity contribution is 0.123. The molecule has 3 rings (SSSR count). The predicted octanol–water partition coefficient (Wildman–Crippen LogP) is 4.47. The minimum atomic E-state index is 0.190. The lowest BCUT2D eigenvalue weighted by Crippen LogP contribution is -2.36. The van der Waals surface area contributed by atoms with E-state index in [2.05, 4.69) is 16.0 Å². The highest BCUT2D eigenvalue weighted by Crippen LogP contribution is 2.30. The summed E-state index contributed by atoms with van der Waals surface area (Å²) in [6, 6.07) is 12.6. The van der Waals surface area contributed by atoms with Crippen LogP contribution in [0.2, 0.25) is 0 Å². The fraction of sp³-hybridized carbons (Fsp3) is 0.476. The molecule has 1 saturated heterocycles. The first-order valence-electron chi connectivity index (χ1n) is 9.26. The SMILES string of the molecule is CC(C)Oc1ccc(OCCN2CCCCC2c2cccnc2)cc1. The predicted molar refractivity (Wildman–Crippen MR) is 100 cm³/mol. The normalized spacial score (nSPS) is 18.3. The molecule has 1 fully saturated rings. The summed E-state index contributed by atoms with van der Waals surface area (Å²) in [5.41, 5.74) is 1.32. The molecule has 0 N–H and O–H groups in total. The van der Waals surface area contributed by atoms with Crippen molar-refractivity contribution in [3.63, 3.8) is 0 Å². The molecule has 0 radical (unpaired) electrons. The van der Waals surface area contributed by atoms with E-state index in [0.717, 1.165) is 24.6 Å². The molecular weight excluding hydrogens is 312 g/mol. The van der Waals surface area contributed by atoms with E-state index in [1.165, 1.54) is 24.8 Å². The summed E-state index contributed by atoms with van der Waals surface area (Å²) in [4.78, 5) is 6.81. The van der Waals surface area contributed by atoms with E-state index in [-0.39, 0.29) is 6.10 Å². The first-order chi connectivity index (χ1) is 12.2. The van der Waals surface area contributed by atoms with Gasteiger partial charge in [0.2, 0.25) is 0 Å². The average molecular weight is 340 g/mol. The number of piperidine rings is 1. The van der Waals surface area contributed by atoms with Gasteiger partial charge in [0.15, 0.2) is 0 Å². The van der Waals surface area contributed by atoms with Crippen molar-refractivity contribution in [1.82, 2.24) is 9.88 Å². The number of benzene rings is 1. The Balaban J connectivity index is 1.51. The number of nitrogens with zero attached hydrogens (tertiary/aromatic N) is 2. The molecule has 1 unspecified atom stereocenters. The zero-order chi connectivity index (χ0) is 17.5. The van der Waals surface area contributed by atoms with Gasteiger partial charge in [-0.15, -0.1) is 0 Å². The zero-order valence-electron chi connectivity index (χ0n) is 15.2. The molecule has 1 atom stereocenters. The Bertz CT molecular complexity index is 628. The molecular formula is C21H28N2O2. The Morgan fingerprint density at radius 2 is 1.92 bits per heavy atom. The van der Waals surface area contributed by atoms with Crippen molar-refractivity contribution >= 4 is 0 Å². The molecule has 2 aromatic rings. The van der Waals surface area contributed by atoms with Crippen LogP contribution in [0.3, 0.4) is 0 Å². The molecule has 0 amide bonds. The first kappa shape index (κ1) is 17.7. The van der Waals surface area contributed by atoms with Crippen molar-refractivity contribution in [3.8, 4) is 11.5 Å². The standard InChI is InChI=1S/C21H28N2O2/c1-17(2)25-20-10-8-19(9-11-20)24-15-14-23-13-4-3-7-21(23)18-6-5-12-22-16-18/h5-6,8-12,16-17,21H,3-4,7,13-15H2,1-2H3. The highest BCUT2D eigenvalue weighted by Gasteiger charge is 2.23. The van der Waals surface area contributed by atoms with Gasteiger partial charge in [0.25, 0.3) is 0 Å². The van der Waals surface area contributed by atoms with Crippen molar-refractivity contribution in [2.75, 3.05) is 19.7 Å². The van der Waals surface area contributed by atoms with Crippen molar-refractivity contribution in [2.45, 2.75) is 45.3 Å². The largest absolute Gasteiger partial charge is 0.492 e. The van der Waals surface area contributed by atoms with Gasteiger partial charge in [0.05, 0.1) is 6.10 Å². The van der Waals surface area contributed by atoms with Crippen LogP contribution in [-0.2, 0) is 0 Å². The van der Waals surface area contributed by atoms with Crippen LogP contribution in [0.1, 0.15) is 44.7 Å². The average Bonchev–Trinajstić information content (AvgIpc) is 2.64. The van der Waals surface area contributed by atoms with Gasteiger partial charge < -0.3 is 9.47 Å². The highest BCUT2D eigenvalue weighted by molar-refractivity contribution is 5.31. The van der Waals surface area contributed by atoms with Gasteiger partial charge >= 0.3 is 0 Å². The number of pyridine rings is 1. The van der Waals surface area contributed by atoms with Crippen molar-refractivity contribution in [2.24, 2.45) is 0 Å². The van der Waals surface area contributed by atoms with Crippen LogP contribution < -0.4 is 9.47 Å². The topological polar surface area (TPSA) is 34.6 Å². The van der Waals surface area contributed by atoms with Crippen molar-refractivity contribution < 1.29 is 9.47 Å². The molecule has 1 aromatic heterocycles. The van der Waals surface area contributed by atoms with Gasteiger partial charge in [-0.1, -0.05) is 12.5 Å². The Hall–Kier alpha value is -2.07. The van der Waals surface area contributed by atoms with E-state index in [1.54, 1.807) is 0 Å². The molecule has 1 aliphatic heterocycles.